The van der Waals surface area contributed by atoms with E-state index in [1.54, 1.807) is 0 Å². The number of hydrogen-bond donors (Lipinski definition) is 2. The summed E-state index contributed by atoms with van der Waals surface area (Å²) in [5.74, 6) is 0. The van der Waals surface area contributed by atoms with Crippen molar-refractivity contribution in [3.05, 3.63) is 34.9 Å². The molecule has 0 aromatic heterocycles. The van der Waals surface area contributed by atoms with Gasteiger partial charge in [-0.15, -0.1) is 0 Å². The summed E-state index contributed by atoms with van der Waals surface area (Å²) in [5, 5.41) is 13.5. The van der Waals surface area contributed by atoms with Crippen molar-refractivity contribution in [3.63, 3.8) is 0 Å². The smallest absolute Gasteiger partial charge is 0.0897 e. The number of ether oxygens (including phenoxy) is 2. The van der Waals surface area contributed by atoms with Gasteiger partial charge in [-0.25, -0.2) is 0 Å². The fraction of sp³-hybridized carbons (Fsp3) is 0.700. The molecule has 0 spiro atoms. The third kappa shape index (κ3) is 5.03. The van der Waals surface area contributed by atoms with Gasteiger partial charge in [-0.05, 0) is 62.1 Å². The lowest BCUT2D eigenvalue weighted by Crippen LogP contribution is -2.33. The van der Waals surface area contributed by atoms with Gasteiger partial charge < -0.3 is 19.9 Å². The Balaban J connectivity index is 1.38. The molecule has 3 unspecified atom stereocenters. The van der Waals surface area contributed by atoms with Crippen LogP contribution in [-0.2, 0) is 22.3 Å². The van der Waals surface area contributed by atoms with Gasteiger partial charge in [0.2, 0.25) is 0 Å². The number of hydrogen-bond acceptors (Lipinski definition) is 4. The molecule has 2 aliphatic rings. The Kier molecular flexibility index (Phi) is 6.67. The Hall–Kier alpha value is -0.940. The van der Waals surface area contributed by atoms with Crippen LogP contribution in [0.1, 0.15) is 55.3 Å². The van der Waals surface area contributed by atoms with Crippen LogP contribution < -0.4 is 5.32 Å². The quantitative estimate of drug-likeness (QED) is 0.768. The van der Waals surface area contributed by atoms with Gasteiger partial charge in [0, 0.05) is 19.2 Å². The van der Waals surface area contributed by atoms with Crippen molar-refractivity contribution >= 4 is 0 Å². The van der Waals surface area contributed by atoms with E-state index in [0.29, 0.717) is 19.8 Å². The van der Waals surface area contributed by atoms with E-state index in [9.17, 15) is 5.11 Å². The highest BCUT2D eigenvalue weighted by atomic mass is 16.5. The molecule has 0 bridgehead atoms. The first-order chi connectivity index (χ1) is 11.7. The Morgan fingerprint density at radius 3 is 2.88 bits per heavy atom. The molecule has 2 N–H and O–H groups in total. The second kappa shape index (κ2) is 8.95. The maximum Gasteiger partial charge on any atom is 0.0897 e. The molecule has 1 fully saturated rings. The molecule has 1 aliphatic carbocycles. The van der Waals surface area contributed by atoms with Crippen molar-refractivity contribution in [1.29, 1.82) is 0 Å². The molecule has 134 valence electrons. The van der Waals surface area contributed by atoms with E-state index < -0.39 is 6.10 Å². The Morgan fingerprint density at radius 2 is 2.08 bits per heavy atom. The zero-order valence-corrected chi connectivity index (χ0v) is 14.8. The lowest BCUT2D eigenvalue weighted by molar-refractivity contribution is -0.0168. The molecule has 1 saturated heterocycles. The average molecular weight is 333 g/mol. The molecule has 1 aromatic rings. The van der Waals surface area contributed by atoms with Gasteiger partial charge in [0.1, 0.15) is 0 Å². The summed E-state index contributed by atoms with van der Waals surface area (Å²) in [7, 11) is 0. The number of fused-ring (bicyclic) bond motifs is 1. The molecule has 4 heteroatoms. The van der Waals surface area contributed by atoms with Gasteiger partial charge in [-0.2, -0.15) is 0 Å². The summed E-state index contributed by atoms with van der Waals surface area (Å²) in [5.41, 5.74) is 4.33. The van der Waals surface area contributed by atoms with Crippen LogP contribution in [0.15, 0.2) is 18.2 Å². The van der Waals surface area contributed by atoms with E-state index in [-0.39, 0.29) is 12.1 Å². The zero-order valence-electron chi connectivity index (χ0n) is 14.8. The summed E-state index contributed by atoms with van der Waals surface area (Å²) >= 11 is 0. The van der Waals surface area contributed by atoms with Gasteiger partial charge in [-0.1, -0.05) is 18.2 Å². The molecule has 1 aromatic carbocycles. The minimum Gasteiger partial charge on any atom is -0.389 e. The number of benzene rings is 1. The number of rotatable bonds is 8. The van der Waals surface area contributed by atoms with Crippen LogP contribution in [0.3, 0.4) is 0 Å². The minimum atomic E-state index is -0.480. The molecule has 24 heavy (non-hydrogen) atoms. The Bertz CT molecular complexity index is 514. The summed E-state index contributed by atoms with van der Waals surface area (Å²) in [6.45, 7) is 4.51. The van der Waals surface area contributed by atoms with Gasteiger partial charge >= 0.3 is 0 Å². The molecule has 3 atom stereocenters. The normalized spacial score (nSPS) is 23.0. The van der Waals surface area contributed by atoms with Crippen LogP contribution in [-0.4, -0.2) is 43.7 Å². The van der Waals surface area contributed by atoms with Gasteiger partial charge in [0.05, 0.1) is 25.4 Å². The highest BCUT2D eigenvalue weighted by Gasteiger charge is 2.17. The van der Waals surface area contributed by atoms with Crippen molar-refractivity contribution in [2.75, 3.05) is 26.4 Å². The first-order valence-electron chi connectivity index (χ1n) is 9.45. The molecule has 4 nitrogen and oxygen atoms in total. The standard InChI is InChI=1S/C20H31NO3/c1-15(17-9-8-16-5-2-3-6-18(16)11-17)21-12-19(22)13-23-14-20-7-4-10-24-20/h8-9,11,15,19-22H,2-7,10,12-14H2,1H3. The van der Waals surface area contributed by atoms with Gasteiger partial charge in [0.25, 0.3) is 0 Å². The summed E-state index contributed by atoms with van der Waals surface area (Å²) in [6, 6.07) is 7.09. The number of nitrogens with one attached hydrogen (secondary N) is 1. The summed E-state index contributed by atoms with van der Waals surface area (Å²) in [4.78, 5) is 0. The lowest BCUT2D eigenvalue weighted by Gasteiger charge is -2.21. The van der Waals surface area contributed by atoms with Gasteiger partial charge in [-0.3, -0.25) is 0 Å². The van der Waals surface area contributed by atoms with Crippen molar-refractivity contribution in [3.8, 4) is 0 Å². The maximum absolute atomic E-state index is 10.1. The van der Waals surface area contributed by atoms with Crippen LogP contribution >= 0.6 is 0 Å². The maximum atomic E-state index is 10.1. The molecule has 0 radical (unpaired) electrons. The first kappa shape index (κ1) is 17.9. The zero-order chi connectivity index (χ0) is 16.8. The SMILES string of the molecule is CC(NCC(O)COCC1CCCO1)c1ccc2c(c1)CCCC2. The predicted molar refractivity (Wildman–Crippen MR) is 95.3 cm³/mol. The topological polar surface area (TPSA) is 50.7 Å². The Morgan fingerprint density at radius 1 is 1.25 bits per heavy atom. The van der Waals surface area contributed by atoms with E-state index >= 15 is 0 Å². The monoisotopic (exact) mass is 333 g/mol. The molecule has 1 heterocycles. The summed E-state index contributed by atoms with van der Waals surface area (Å²) < 4.78 is 11.1. The predicted octanol–water partition coefficient (Wildman–Crippen LogP) is 2.77. The van der Waals surface area contributed by atoms with Crippen molar-refractivity contribution < 1.29 is 14.6 Å². The fourth-order valence-electron chi connectivity index (χ4n) is 3.62. The van der Waals surface area contributed by atoms with E-state index in [2.05, 4.69) is 30.4 Å². The average Bonchev–Trinajstić information content (AvgIpc) is 3.12. The van der Waals surface area contributed by atoms with Crippen LogP contribution in [0.4, 0.5) is 0 Å². The van der Waals surface area contributed by atoms with E-state index in [1.807, 2.05) is 0 Å². The van der Waals surface area contributed by atoms with Crippen LogP contribution in [0, 0.1) is 0 Å². The summed E-state index contributed by atoms with van der Waals surface area (Å²) in [6.07, 6.45) is 6.98. The molecule has 1 aliphatic heterocycles. The molecule has 0 saturated carbocycles. The van der Waals surface area contributed by atoms with Gasteiger partial charge in [0.15, 0.2) is 0 Å². The van der Waals surface area contributed by atoms with Crippen LogP contribution in [0.5, 0.6) is 0 Å². The largest absolute Gasteiger partial charge is 0.389 e. The molecular formula is C20H31NO3. The minimum absolute atomic E-state index is 0.222. The fourth-order valence-corrected chi connectivity index (χ4v) is 3.62. The van der Waals surface area contributed by atoms with Crippen molar-refractivity contribution in [2.24, 2.45) is 0 Å². The number of aliphatic hydroxyl groups excluding tert-OH is 1. The van der Waals surface area contributed by atoms with Crippen molar-refractivity contribution in [1.82, 2.24) is 5.32 Å². The Labute approximate surface area is 145 Å². The number of aliphatic hydroxyl groups is 1. The lowest BCUT2D eigenvalue weighted by atomic mass is 9.89. The van der Waals surface area contributed by atoms with Crippen molar-refractivity contribution in [2.45, 2.75) is 63.7 Å². The van der Waals surface area contributed by atoms with Crippen LogP contribution in [0.2, 0.25) is 0 Å². The van der Waals surface area contributed by atoms with E-state index in [4.69, 9.17) is 9.47 Å². The highest BCUT2D eigenvalue weighted by molar-refractivity contribution is 5.35. The third-order valence-corrected chi connectivity index (χ3v) is 5.17. The molecule has 0 amide bonds. The van der Waals surface area contributed by atoms with E-state index in [0.717, 1.165) is 19.4 Å². The second-order valence-electron chi connectivity index (χ2n) is 7.19. The first-order valence-corrected chi connectivity index (χ1v) is 9.45. The molecular weight excluding hydrogens is 302 g/mol. The van der Waals surface area contributed by atoms with Crippen LogP contribution in [0.25, 0.3) is 0 Å². The second-order valence-corrected chi connectivity index (χ2v) is 7.19. The van der Waals surface area contributed by atoms with E-state index in [1.165, 1.54) is 42.4 Å². The molecule has 3 rings (SSSR count). The highest BCUT2D eigenvalue weighted by Crippen LogP contribution is 2.24. The third-order valence-electron chi connectivity index (χ3n) is 5.17. The number of aryl methyl sites for hydroxylation is 2.